The maximum Gasteiger partial charge on any atom is 0.413 e. The van der Waals surface area contributed by atoms with Crippen LogP contribution in [0.5, 0.6) is 5.75 Å². The Bertz CT molecular complexity index is 630. The largest absolute Gasteiger partial charge is 0.490 e. The van der Waals surface area contributed by atoms with Crippen molar-refractivity contribution in [3.05, 3.63) is 30.1 Å². The van der Waals surface area contributed by atoms with Crippen LogP contribution in [0.2, 0.25) is 0 Å². The Balaban J connectivity index is 2.27. The summed E-state index contributed by atoms with van der Waals surface area (Å²) >= 11 is 0. The average Bonchev–Trinajstić information content (AvgIpc) is 2.60. The van der Waals surface area contributed by atoms with E-state index in [4.69, 9.17) is 9.47 Å². The van der Waals surface area contributed by atoms with Gasteiger partial charge in [-0.15, -0.1) is 0 Å². The third kappa shape index (κ3) is 3.98. The number of nitrogens with zero attached hydrogens (tertiary/aromatic N) is 3. The second-order valence-electron chi connectivity index (χ2n) is 5.26. The van der Waals surface area contributed by atoms with Crippen LogP contribution in [0, 0.1) is 0 Å². The standard InChI is InChI=1S/C17H24N4O3/c1-5-23-17(22)20(4)14-6-7-16-15(10-14)21(8-9-24-16)12-13(19-3)11-18-2/h6-7,10-11,18H,3,5,8-9,12H2,1-2,4H3/b13-11-. The molecule has 0 aromatic heterocycles. The van der Waals surface area contributed by atoms with Crippen molar-refractivity contribution in [1.82, 2.24) is 5.32 Å². The van der Waals surface area contributed by atoms with Crippen molar-refractivity contribution in [2.75, 3.05) is 50.2 Å². The number of nitrogens with one attached hydrogen (secondary N) is 1. The van der Waals surface area contributed by atoms with Crippen molar-refractivity contribution in [2.24, 2.45) is 4.99 Å². The lowest BCUT2D eigenvalue weighted by atomic mass is 10.2. The van der Waals surface area contributed by atoms with Crippen LogP contribution in [0.1, 0.15) is 6.92 Å². The molecule has 0 bridgehead atoms. The van der Waals surface area contributed by atoms with Gasteiger partial charge in [0.25, 0.3) is 0 Å². The number of benzene rings is 1. The second kappa shape index (κ2) is 8.24. The number of carbonyl (C=O) groups excluding carboxylic acids is 1. The first-order chi connectivity index (χ1) is 11.6. The van der Waals surface area contributed by atoms with E-state index in [1.165, 1.54) is 4.90 Å². The quantitative estimate of drug-likeness (QED) is 0.809. The third-order valence-corrected chi connectivity index (χ3v) is 3.70. The minimum Gasteiger partial charge on any atom is -0.490 e. The molecular weight excluding hydrogens is 308 g/mol. The smallest absolute Gasteiger partial charge is 0.413 e. The Kier molecular flexibility index (Phi) is 6.06. The molecule has 7 heteroatoms. The summed E-state index contributed by atoms with van der Waals surface area (Å²) in [5, 5.41) is 2.97. The molecule has 1 amide bonds. The van der Waals surface area contributed by atoms with Crippen molar-refractivity contribution in [3.8, 4) is 5.75 Å². The van der Waals surface area contributed by atoms with E-state index in [0.29, 0.717) is 19.8 Å². The lowest BCUT2D eigenvalue weighted by Crippen LogP contribution is -2.35. The number of carbonyl (C=O) groups is 1. The van der Waals surface area contributed by atoms with Crippen molar-refractivity contribution in [2.45, 2.75) is 6.92 Å². The Labute approximate surface area is 142 Å². The van der Waals surface area contributed by atoms with Gasteiger partial charge in [0.05, 0.1) is 31.1 Å². The minimum atomic E-state index is -0.385. The van der Waals surface area contributed by atoms with Crippen LogP contribution < -0.4 is 19.9 Å². The van der Waals surface area contributed by atoms with Crippen LogP contribution in [-0.4, -0.2) is 53.2 Å². The molecule has 0 saturated carbocycles. The van der Waals surface area contributed by atoms with Gasteiger partial charge in [0.2, 0.25) is 0 Å². The fraction of sp³-hybridized carbons (Fsp3) is 0.412. The zero-order valence-corrected chi connectivity index (χ0v) is 14.4. The highest BCUT2D eigenvalue weighted by atomic mass is 16.6. The number of aliphatic imine (C=N–C) groups is 1. The van der Waals surface area contributed by atoms with E-state index in [9.17, 15) is 4.79 Å². The summed E-state index contributed by atoms with van der Waals surface area (Å²) < 4.78 is 10.8. The molecule has 7 nitrogen and oxygen atoms in total. The SMILES string of the molecule is C=N/C(=C\NC)CN1CCOc2ccc(N(C)C(=O)OCC)cc21. The first-order valence-electron chi connectivity index (χ1n) is 7.86. The molecule has 0 atom stereocenters. The van der Waals surface area contributed by atoms with E-state index >= 15 is 0 Å². The molecule has 0 fully saturated rings. The summed E-state index contributed by atoms with van der Waals surface area (Å²) in [6, 6.07) is 5.64. The van der Waals surface area contributed by atoms with Gasteiger partial charge < -0.3 is 19.7 Å². The van der Waals surface area contributed by atoms with Gasteiger partial charge in [-0.3, -0.25) is 9.89 Å². The fourth-order valence-electron chi connectivity index (χ4n) is 2.46. The van der Waals surface area contributed by atoms with E-state index in [2.05, 4.69) is 21.9 Å². The highest BCUT2D eigenvalue weighted by molar-refractivity contribution is 5.88. The van der Waals surface area contributed by atoms with E-state index in [-0.39, 0.29) is 6.09 Å². The molecule has 2 rings (SSSR count). The Morgan fingerprint density at radius 1 is 1.58 bits per heavy atom. The lowest BCUT2D eigenvalue weighted by Gasteiger charge is -2.32. The highest BCUT2D eigenvalue weighted by Gasteiger charge is 2.21. The van der Waals surface area contributed by atoms with Gasteiger partial charge in [-0.1, -0.05) is 0 Å². The van der Waals surface area contributed by atoms with Crippen molar-refractivity contribution < 1.29 is 14.3 Å². The lowest BCUT2D eigenvalue weighted by molar-refractivity contribution is 0.161. The topological polar surface area (TPSA) is 66.4 Å². The summed E-state index contributed by atoms with van der Waals surface area (Å²) in [5.41, 5.74) is 2.49. The molecule has 1 N–H and O–H groups in total. The molecule has 1 aliphatic heterocycles. The van der Waals surface area contributed by atoms with Crippen LogP contribution in [0.15, 0.2) is 35.1 Å². The number of fused-ring (bicyclic) bond motifs is 1. The number of rotatable bonds is 6. The zero-order chi connectivity index (χ0) is 17.5. The summed E-state index contributed by atoms with van der Waals surface area (Å²) in [6.45, 7) is 7.67. The molecule has 1 aromatic rings. The summed E-state index contributed by atoms with van der Waals surface area (Å²) in [4.78, 5) is 19.6. The molecule has 1 aromatic carbocycles. The highest BCUT2D eigenvalue weighted by Crippen LogP contribution is 2.35. The number of ether oxygens (including phenoxy) is 2. The summed E-state index contributed by atoms with van der Waals surface area (Å²) in [5.74, 6) is 0.787. The van der Waals surface area contributed by atoms with Crippen LogP contribution in [0.3, 0.4) is 0 Å². The molecule has 1 heterocycles. The van der Waals surface area contributed by atoms with Gasteiger partial charge in [-0.05, 0) is 31.8 Å². The first kappa shape index (κ1) is 17.7. The molecule has 0 unspecified atom stereocenters. The minimum absolute atomic E-state index is 0.340. The molecule has 0 aliphatic carbocycles. The van der Waals surface area contributed by atoms with Crippen molar-refractivity contribution >= 4 is 24.2 Å². The second-order valence-corrected chi connectivity index (χ2v) is 5.26. The molecule has 24 heavy (non-hydrogen) atoms. The van der Waals surface area contributed by atoms with E-state index in [1.807, 2.05) is 31.4 Å². The molecular formula is C17H24N4O3. The van der Waals surface area contributed by atoms with E-state index in [0.717, 1.165) is 29.4 Å². The Morgan fingerprint density at radius 3 is 3.04 bits per heavy atom. The molecule has 1 aliphatic rings. The zero-order valence-electron chi connectivity index (χ0n) is 14.4. The van der Waals surface area contributed by atoms with Crippen LogP contribution >= 0.6 is 0 Å². The number of anilines is 2. The fourth-order valence-corrected chi connectivity index (χ4v) is 2.46. The van der Waals surface area contributed by atoms with Crippen molar-refractivity contribution in [1.29, 1.82) is 0 Å². The number of hydrogen-bond acceptors (Lipinski definition) is 6. The predicted octanol–water partition coefficient (Wildman–Crippen LogP) is 2.24. The van der Waals surface area contributed by atoms with Gasteiger partial charge >= 0.3 is 6.09 Å². The Hall–Kier alpha value is -2.70. The van der Waals surface area contributed by atoms with Crippen LogP contribution in [-0.2, 0) is 4.74 Å². The molecule has 0 radical (unpaired) electrons. The van der Waals surface area contributed by atoms with E-state index < -0.39 is 0 Å². The molecule has 0 spiro atoms. The predicted molar refractivity (Wildman–Crippen MR) is 96.3 cm³/mol. The maximum atomic E-state index is 11.9. The van der Waals surface area contributed by atoms with Gasteiger partial charge in [-0.25, -0.2) is 4.79 Å². The van der Waals surface area contributed by atoms with Gasteiger partial charge in [0, 0.05) is 26.0 Å². The molecule has 0 saturated heterocycles. The number of amides is 1. The van der Waals surface area contributed by atoms with Crippen LogP contribution in [0.25, 0.3) is 0 Å². The normalized spacial score (nSPS) is 13.6. The van der Waals surface area contributed by atoms with Gasteiger partial charge in [0.15, 0.2) is 0 Å². The van der Waals surface area contributed by atoms with Gasteiger partial charge in [0.1, 0.15) is 12.4 Å². The van der Waals surface area contributed by atoms with Gasteiger partial charge in [-0.2, -0.15) is 0 Å². The monoisotopic (exact) mass is 332 g/mol. The Morgan fingerprint density at radius 2 is 2.38 bits per heavy atom. The first-order valence-corrected chi connectivity index (χ1v) is 7.86. The number of hydrogen-bond donors (Lipinski definition) is 1. The van der Waals surface area contributed by atoms with Crippen LogP contribution in [0.4, 0.5) is 16.2 Å². The van der Waals surface area contributed by atoms with E-state index in [1.54, 1.807) is 14.0 Å². The summed E-state index contributed by atoms with van der Waals surface area (Å²) in [6.07, 6.45) is 1.43. The average molecular weight is 332 g/mol. The summed E-state index contributed by atoms with van der Waals surface area (Å²) in [7, 11) is 3.51. The maximum absolute atomic E-state index is 11.9. The third-order valence-electron chi connectivity index (χ3n) is 3.70. The molecule has 130 valence electrons. The van der Waals surface area contributed by atoms with Crippen molar-refractivity contribution in [3.63, 3.8) is 0 Å².